The molecule has 1 amide bonds. The summed E-state index contributed by atoms with van der Waals surface area (Å²) in [5.74, 6) is 0.137. The third-order valence-electron chi connectivity index (χ3n) is 3.13. The van der Waals surface area contributed by atoms with Crippen LogP contribution in [0.4, 0.5) is 0 Å². The maximum Gasteiger partial charge on any atom is 0.224 e. The predicted molar refractivity (Wildman–Crippen MR) is 90.4 cm³/mol. The SMILES string of the molecule is CNCC(C)C(=O)NC(C)CCc1ccc(Br)cc1.Cl. The maximum atomic E-state index is 11.8. The highest BCUT2D eigenvalue weighted by molar-refractivity contribution is 9.10. The minimum Gasteiger partial charge on any atom is -0.353 e. The van der Waals surface area contributed by atoms with Crippen molar-refractivity contribution in [1.82, 2.24) is 10.6 Å². The first-order valence-corrected chi connectivity index (χ1v) is 7.51. The van der Waals surface area contributed by atoms with Gasteiger partial charge in [-0.05, 0) is 44.5 Å². The van der Waals surface area contributed by atoms with Gasteiger partial charge in [0.15, 0.2) is 0 Å². The predicted octanol–water partition coefficient (Wildman–Crippen LogP) is 3.16. The second kappa shape index (κ2) is 10.2. The van der Waals surface area contributed by atoms with Crippen molar-refractivity contribution >= 4 is 34.2 Å². The lowest BCUT2D eigenvalue weighted by atomic mass is 10.1. The molecule has 0 aliphatic carbocycles. The van der Waals surface area contributed by atoms with Crippen molar-refractivity contribution in [3.8, 4) is 0 Å². The summed E-state index contributed by atoms with van der Waals surface area (Å²) in [6, 6.07) is 8.53. The van der Waals surface area contributed by atoms with Crippen molar-refractivity contribution in [2.24, 2.45) is 5.92 Å². The fourth-order valence-corrected chi connectivity index (χ4v) is 2.15. The van der Waals surface area contributed by atoms with Gasteiger partial charge in [-0.2, -0.15) is 0 Å². The van der Waals surface area contributed by atoms with Crippen LogP contribution in [0.25, 0.3) is 0 Å². The Bertz CT molecular complexity index is 397. The van der Waals surface area contributed by atoms with E-state index in [9.17, 15) is 4.79 Å². The Morgan fingerprint density at radius 2 is 1.85 bits per heavy atom. The number of amides is 1. The molecule has 5 heteroatoms. The van der Waals surface area contributed by atoms with Crippen LogP contribution in [-0.2, 0) is 11.2 Å². The van der Waals surface area contributed by atoms with Gasteiger partial charge in [0, 0.05) is 23.0 Å². The Morgan fingerprint density at radius 1 is 1.25 bits per heavy atom. The summed E-state index contributed by atoms with van der Waals surface area (Å²) in [6.07, 6.45) is 1.94. The van der Waals surface area contributed by atoms with E-state index in [1.54, 1.807) is 0 Å². The van der Waals surface area contributed by atoms with E-state index in [-0.39, 0.29) is 30.3 Å². The molecule has 0 aliphatic heterocycles. The van der Waals surface area contributed by atoms with Crippen molar-refractivity contribution < 1.29 is 4.79 Å². The van der Waals surface area contributed by atoms with Gasteiger partial charge in [-0.3, -0.25) is 4.79 Å². The van der Waals surface area contributed by atoms with E-state index in [0.717, 1.165) is 17.3 Å². The van der Waals surface area contributed by atoms with Crippen molar-refractivity contribution in [2.45, 2.75) is 32.7 Å². The van der Waals surface area contributed by atoms with E-state index in [1.807, 2.05) is 26.1 Å². The number of rotatable bonds is 7. The average molecular weight is 364 g/mol. The highest BCUT2D eigenvalue weighted by Crippen LogP contribution is 2.12. The average Bonchev–Trinajstić information content (AvgIpc) is 2.38. The molecule has 0 spiro atoms. The Hall–Kier alpha value is -0.580. The van der Waals surface area contributed by atoms with Crippen LogP contribution in [0.15, 0.2) is 28.7 Å². The Labute approximate surface area is 136 Å². The molecule has 1 aromatic rings. The first-order chi connectivity index (χ1) is 9.02. The molecule has 2 unspecified atom stereocenters. The van der Waals surface area contributed by atoms with Crippen LogP contribution in [-0.4, -0.2) is 25.5 Å². The molecular weight excluding hydrogens is 340 g/mol. The molecule has 114 valence electrons. The molecular formula is C15H24BrClN2O. The summed E-state index contributed by atoms with van der Waals surface area (Å²) < 4.78 is 1.10. The number of hydrogen-bond donors (Lipinski definition) is 2. The van der Waals surface area contributed by atoms with Gasteiger partial charge < -0.3 is 10.6 Å². The van der Waals surface area contributed by atoms with Gasteiger partial charge in [0.05, 0.1) is 0 Å². The quantitative estimate of drug-likeness (QED) is 0.781. The maximum absolute atomic E-state index is 11.8. The van der Waals surface area contributed by atoms with E-state index in [1.165, 1.54) is 5.56 Å². The van der Waals surface area contributed by atoms with Crippen LogP contribution in [0.1, 0.15) is 25.8 Å². The zero-order valence-electron chi connectivity index (χ0n) is 12.3. The summed E-state index contributed by atoms with van der Waals surface area (Å²) in [5.41, 5.74) is 1.30. The number of halogens is 2. The molecule has 0 bridgehead atoms. The van der Waals surface area contributed by atoms with Gasteiger partial charge in [0.1, 0.15) is 0 Å². The lowest BCUT2D eigenvalue weighted by Crippen LogP contribution is -2.39. The molecule has 0 aliphatic rings. The van der Waals surface area contributed by atoms with Crippen molar-refractivity contribution in [2.75, 3.05) is 13.6 Å². The lowest BCUT2D eigenvalue weighted by Gasteiger charge is -2.17. The number of carbonyl (C=O) groups excluding carboxylic acids is 1. The van der Waals surface area contributed by atoms with Gasteiger partial charge >= 0.3 is 0 Å². The van der Waals surface area contributed by atoms with Crippen molar-refractivity contribution in [3.63, 3.8) is 0 Å². The molecule has 0 radical (unpaired) electrons. The third kappa shape index (κ3) is 7.27. The fourth-order valence-electron chi connectivity index (χ4n) is 1.89. The molecule has 1 aromatic carbocycles. The Kier molecular flexibility index (Phi) is 9.90. The van der Waals surface area contributed by atoms with Crippen LogP contribution in [0.3, 0.4) is 0 Å². The number of aryl methyl sites for hydroxylation is 1. The van der Waals surface area contributed by atoms with E-state index in [0.29, 0.717) is 6.54 Å². The lowest BCUT2D eigenvalue weighted by molar-refractivity contribution is -0.125. The first kappa shape index (κ1) is 19.4. The normalized spacial score (nSPS) is 13.2. The molecule has 0 aromatic heterocycles. The van der Waals surface area contributed by atoms with Gasteiger partial charge in [-0.25, -0.2) is 0 Å². The molecule has 0 heterocycles. The molecule has 0 saturated carbocycles. The highest BCUT2D eigenvalue weighted by Gasteiger charge is 2.14. The first-order valence-electron chi connectivity index (χ1n) is 6.72. The standard InChI is InChI=1S/C15H23BrN2O.ClH/c1-11(10-17-3)15(19)18-12(2)4-5-13-6-8-14(16)9-7-13;/h6-9,11-12,17H,4-5,10H2,1-3H3,(H,18,19);1H. The van der Waals surface area contributed by atoms with Crippen molar-refractivity contribution in [3.05, 3.63) is 34.3 Å². The minimum absolute atomic E-state index is 0. The van der Waals surface area contributed by atoms with Crippen LogP contribution in [0.5, 0.6) is 0 Å². The number of benzene rings is 1. The highest BCUT2D eigenvalue weighted by atomic mass is 79.9. The van der Waals surface area contributed by atoms with E-state index >= 15 is 0 Å². The Balaban J connectivity index is 0.00000361. The van der Waals surface area contributed by atoms with Gasteiger partial charge in [0.25, 0.3) is 0 Å². The summed E-state index contributed by atoms with van der Waals surface area (Å²) in [5, 5.41) is 6.08. The molecule has 2 N–H and O–H groups in total. The van der Waals surface area contributed by atoms with E-state index < -0.39 is 0 Å². The molecule has 0 saturated heterocycles. The molecule has 1 rings (SSSR count). The van der Waals surface area contributed by atoms with Crippen LogP contribution >= 0.6 is 28.3 Å². The second-order valence-corrected chi connectivity index (χ2v) is 5.95. The zero-order valence-corrected chi connectivity index (χ0v) is 14.7. The minimum atomic E-state index is 0. The number of hydrogen-bond acceptors (Lipinski definition) is 2. The van der Waals surface area contributed by atoms with Crippen LogP contribution in [0, 0.1) is 5.92 Å². The monoisotopic (exact) mass is 362 g/mol. The zero-order chi connectivity index (χ0) is 14.3. The summed E-state index contributed by atoms with van der Waals surface area (Å²) in [6.45, 7) is 4.71. The largest absolute Gasteiger partial charge is 0.353 e. The van der Waals surface area contributed by atoms with E-state index in [2.05, 4.69) is 45.6 Å². The summed E-state index contributed by atoms with van der Waals surface area (Å²) in [4.78, 5) is 11.8. The molecule has 2 atom stereocenters. The fraction of sp³-hybridized carbons (Fsp3) is 0.533. The number of carbonyl (C=O) groups is 1. The van der Waals surface area contributed by atoms with Gasteiger partial charge in [-0.1, -0.05) is 35.0 Å². The van der Waals surface area contributed by atoms with Crippen molar-refractivity contribution in [1.29, 1.82) is 0 Å². The van der Waals surface area contributed by atoms with Gasteiger partial charge in [0.2, 0.25) is 5.91 Å². The molecule has 3 nitrogen and oxygen atoms in total. The van der Waals surface area contributed by atoms with E-state index in [4.69, 9.17) is 0 Å². The topological polar surface area (TPSA) is 41.1 Å². The van der Waals surface area contributed by atoms with Crippen LogP contribution in [0.2, 0.25) is 0 Å². The van der Waals surface area contributed by atoms with Gasteiger partial charge in [-0.15, -0.1) is 12.4 Å². The smallest absolute Gasteiger partial charge is 0.224 e. The molecule has 20 heavy (non-hydrogen) atoms. The molecule has 0 fully saturated rings. The summed E-state index contributed by atoms with van der Waals surface area (Å²) in [7, 11) is 1.86. The van der Waals surface area contributed by atoms with Crippen LogP contribution < -0.4 is 10.6 Å². The third-order valence-corrected chi connectivity index (χ3v) is 3.65. The Morgan fingerprint density at radius 3 is 2.40 bits per heavy atom. The number of nitrogens with one attached hydrogen (secondary N) is 2. The second-order valence-electron chi connectivity index (χ2n) is 5.03. The summed E-state index contributed by atoms with van der Waals surface area (Å²) >= 11 is 3.43.